The van der Waals surface area contributed by atoms with Gasteiger partial charge in [-0.1, -0.05) is 12.8 Å². The minimum Gasteiger partial charge on any atom is -0.458 e. The highest BCUT2D eigenvalue weighted by Crippen LogP contribution is 2.46. The van der Waals surface area contributed by atoms with E-state index in [1.54, 1.807) is 0 Å². The SMILES string of the molecule is O=C(OC1CCC(C(=O)ON2C(=O)CCC2=O)C2CCCCC12)c1c(I)ccc(I)c1I. The Morgan fingerprint density at radius 3 is 2.19 bits per heavy atom. The number of halogens is 3. The molecule has 2 amide bonds. The van der Waals surface area contributed by atoms with E-state index in [2.05, 4.69) is 67.8 Å². The van der Waals surface area contributed by atoms with Gasteiger partial charge in [-0.3, -0.25) is 9.59 Å². The summed E-state index contributed by atoms with van der Waals surface area (Å²) in [6.45, 7) is 0. The number of hydrogen-bond acceptors (Lipinski definition) is 6. The number of rotatable bonds is 4. The average molecular weight is 777 g/mol. The molecule has 0 spiro atoms. The number of esters is 1. The van der Waals surface area contributed by atoms with Crippen LogP contribution in [0.1, 0.15) is 61.7 Å². The molecule has 4 atom stereocenters. The lowest BCUT2D eigenvalue weighted by Crippen LogP contribution is -2.46. The highest BCUT2D eigenvalue weighted by Gasteiger charge is 2.47. The van der Waals surface area contributed by atoms with Gasteiger partial charge < -0.3 is 9.57 Å². The molecule has 1 saturated heterocycles. The molecule has 0 aromatic heterocycles. The van der Waals surface area contributed by atoms with E-state index in [-0.39, 0.29) is 36.8 Å². The topological polar surface area (TPSA) is 90.0 Å². The molecule has 4 rings (SSSR count). The van der Waals surface area contributed by atoms with Gasteiger partial charge in [-0.2, -0.15) is 0 Å². The van der Waals surface area contributed by atoms with E-state index in [9.17, 15) is 19.2 Å². The van der Waals surface area contributed by atoms with Gasteiger partial charge in [-0.15, -0.1) is 5.06 Å². The Morgan fingerprint density at radius 1 is 0.875 bits per heavy atom. The monoisotopic (exact) mass is 777 g/mol. The minimum atomic E-state index is -0.517. The van der Waals surface area contributed by atoms with Crippen LogP contribution in [0.2, 0.25) is 0 Å². The van der Waals surface area contributed by atoms with Crippen LogP contribution < -0.4 is 0 Å². The summed E-state index contributed by atoms with van der Waals surface area (Å²) in [6.07, 6.45) is 4.73. The standard InChI is InChI=1S/C22H22I3NO6/c23-14-6-7-15(24)20(25)19(14)22(30)31-16-8-5-13(11-3-1-2-4-12(11)16)21(29)32-26-17(27)9-10-18(26)28/h6-7,11-13,16H,1-5,8-10H2. The van der Waals surface area contributed by atoms with Gasteiger partial charge in [0.1, 0.15) is 6.10 Å². The van der Waals surface area contributed by atoms with Crippen molar-refractivity contribution >= 4 is 91.5 Å². The van der Waals surface area contributed by atoms with E-state index in [4.69, 9.17) is 9.57 Å². The van der Waals surface area contributed by atoms with Crippen molar-refractivity contribution in [2.45, 2.75) is 57.5 Å². The molecule has 10 heteroatoms. The zero-order chi connectivity index (χ0) is 23.0. The van der Waals surface area contributed by atoms with E-state index in [1.807, 2.05) is 12.1 Å². The number of fused-ring (bicyclic) bond motifs is 1. The minimum absolute atomic E-state index is 0.0182. The van der Waals surface area contributed by atoms with E-state index in [1.165, 1.54) is 0 Å². The second-order valence-corrected chi connectivity index (χ2v) is 11.9. The van der Waals surface area contributed by atoms with Crippen LogP contribution >= 0.6 is 67.8 Å². The Labute approximate surface area is 227 Å². The number of amides is 2. The Morgan fingerprint density at radius 2 is 1.50 bits per heavy atom. The van der Waals surface area contributed by atoms with Crippen LogP contribution in [0.25, 0.3) is 0 Å². The van der Waals surface area contributed by atoms with Gasteiger partial charge >= 0.3 is 11.9 Å². The van der Waals surface area contributed by atoms with Crippen molar-refractivity contribution < 1.29 is 28.8 Å². The smallest absolute Gasteiger partial charge is 0.340 e. The van der Waals surface area contributed by atoms with Crippen LogP contribution in [-0.2, 0) is 24.0 Å². The highest BCUT2D eigenvalue weighted by molar-refractivity contribution is 14.1. The molecule has 1 heterocycles. The fourth-order valence-electron chi connectivity index (χ4n) is 5.09. The number of nitrogens with zero attached hydrogens (tertiary/aromatic N) is 1. The van der Waals surface area contributed by atoms with E-state index < -0.39 is 23.7 Å². The second-order valence-electron chi connectivity index (χ2n) is 8.45. The maximum atomic E-state index is 13.1. The molecule has 7 nitrogen and oxygen atoms in total. The lowest BCUT2D eigenvalue weighted by Gasteiger charge is -2.44. The van der Waals surface area contributed by atoms with Crippen molar-refractivity contribution in [1.29, 1.82) is 0 Å². The Hall–Kier alpha value is -0.510. The van der Waals surface area contributed by atoms with Crippen molar-refractivity contribution in [3.05, 3.63) is 28.4 Å². The first-order valence-electron chi connectivity index (χ1n) is 10.7. The third kappa shape index (κ3) is 4.96. The summed E-state index contributed by atoms with van der Waals surface area (Å²) in [7, 11) is 0. The predicted octanol–water partition coefficient (Wildman–Crippen LogP) is 4.85. The number of hydroxylamine groups is 2. The molecule has 2 aliphatic carbocycles. The molecule has 0 bridgehead atoms. The molecule has 0 N–H and O–H groups in total. The molecule has 32 heavy (non-hydrogen) atoms. The maximum Gasteiger partial charge on any atom is 0.340 e. The van der Waals surface area contributed by atoms with Gasteiger partial charge in [0.05, 0.1) is 11.5 Å². The molecule has 2 saturated carbocycles. The summed E-state index contributed by atoms with van der Waals surface area (Å²) in [4.78, 5) is 54.9. The number of carbonyl (C=O) groups excluding carboxylic acids is 4. The first kappa shape index (κ1) is 24.6. The first-order chi connectivity index (χ1) is 15.3. The molecule has 1 aliphatic heterocycles. The summed E-state index contributed by atoms with van der Waals surface area (Å²) in [6, 6.07) is 3.89. The molecular formula is C22H22I3NO6. The summed E-state index contributed by atoms with van der Waals surface area (Å²) in [5, 5.41) is 0.632. The molecule has 3 fully saturated rings. The van der Waals surface area contributed by atoms with Gasteiger partial charge in [-0.25, -0.2) is 9.59 Å². The number of benzene rings is 1. The largest absolute Gasteiger partial charge is 0.458 e. The van der Waals surface area contributed by atoms with Crippen molar-refractivity contribution in [2.75, 3.05) is 0 Å². The van der Waals surface area contributed by atoms with Gasteiger partial charge in [0.2, 0.25) is 0 Å². The van der Waals surface area contributed by atoms with Crippen LogP contribution in [0.3, 0.4) is 0 Å². The van der Waals surface area contributed by atoms with Crippen LogP contribution in [0.15, 0.2) is 12.1 Å². The van der Waals surface area contributed by atoms with Crippen molar-refractivity contribution in [2.24, 2.45) is 17.8 Å². The van der Waals surface area contributed by atoms with Gasteiger partial charge in [0.25, 0.3) is 11.8 Å². The summed E-state index contributed by atoms with van der Waals surface area (Å²) < 4.78 is 8.78. The van der Waals surface area contributed by atoms with E-state index >= 15 is 0 Å². The van der Waals surface area contributed by atoms with Crippen molar-refractivity contribution in [3.63, 3.8) is 0 Å². The second kappa shape index (κ2) is 10.4. The molecule has 0 radical (unpaired) electrons. The third-order valence-corrected chi connectivity index (χ3v) is 10.6. The molecule has 4 unspecified atom stereocenters. The highest BCUT2D eigenvalue weighted by atomic mass is 127. The van der Waals surface area contributed by atoms with Crippen molar-refractivity contribution in [3.8, 4) is 0 Å². The maximum absolute atomic E-state index is 13.1. The zero-order valence-corrected chi connectivity index (χ0v) is 23.6. The third-order valence-electron chi connectivity index (χ3n) is 6.63. The van der Waals surface area contributed by atoms with Gasteiger partial charge in [0.15, 0.2) is 0 Å². The van der Waals surface area contributed by atoms with E-state index in [0.29, 0.717) is 23.5 Å². The average Bonchev–Trinajstić information content (AvgIpc) is 3.08. The lowest BCUT2D eigenvalue weighted by atomic mass is 9.64. The quantitative estimate of drug-likeness (QED) is 0.188. The Balaban J connectivity index is 1.48. The van der Waals surface area contributed by atoms with Crippen LogP contribution in [0, 0.1) is 28.5 Å². The van der Waals surface area contributed by atoms with E-state index in [0.717, 1.165) is 36.4 Å². The number of carbonyl (C=O) groups is 4. The molecule has 1 aromatic carbocycles. The number of ether oxygens (including phenoxy) is 1. The predicted molar refractivity (Wildman–Crippen MR) is 139 cm³/mol. The molecular weight excluding hydrogens is 755 g/mol. The molecule has 1 aromatic rings. The number of hydrogen-bond donors (Lipinski definition) is 0. The summed E-state index contributed by atoms with van der Waals surface area (Å²) >= 11 is 6.55. The first-order valence-corrected chi connectivity index (χ1v) is 13.9. The zero-order valence-electron chi connectivity index (χ0n) is 17.2. The fraction of sp³-hybridized carbons (Fsp3) is 0.545. The Bertz CT molecular complexity index is 951. The number of imide groups is 1. The fourth-order valence-corrected chi connectivity index (χ4v) is 7.41. The summed E-state index contributed by atoms with van der Waals surface area (Å²) in [5.74, 6) is -2.07. The van der Waals surface area contributed by atoms with Gasteiger partial charge in [0, 0.05) is 23.6 Å². The van der Waals surface area contributed by atoms with Crippen LogP contribution in [0.4, 0.5) is 0 Å². The lowest BCUT2D eigenvalue weighted by molar-refractivity contribution is -0.204. The summed E-state index contributed by atoms with van der Waals surface area (Å²) in [5.41, 5.74) is 0.595. The molecule has 172 valence electrons. The Kier molecular flexibility index (Phi) is 8.00. The van der Waals surface area contributed by atoms with Crippen molar-refractivity contribution in [1.82, 2.24) is 5.06 Å². The van der Waals surface area contributed by atoms with Crippen LogP contribution in [-0.4, -0.2) is 34.9 Å². The van der Waals surface area contributed by atoms with Gasteiger partial charge in [-0.05, 0) is 117 Å². The molecule has 3 aliphatic rings. The van der Waals surface area contributed by atoms with Crippen LogP contribution in [0.5, 0.6) is 0 Å². The normalized spacial score (nSPS) is 27.8.